The van der Waals surface area contributed by atoms with Gasteiger partial charge in [0, 0.05) is 29.4 Å². The molecule has 6 nitrogen and oxygen atoms in total. The van der Waals surface area contributed by atoms with Crippen LogP contribution in [-0.2, 0) is 9.59 Å². The first-order valence-electron chi connectivity index (χ1n) is 11.6. The molecule has 170 valence electrons. The summed E-state index contributed by atoms with van der Waals surface area (Å²) in [6, 6.07) is 15.9. The van der Waals surface area contributed by atoms with Crippen molar-refractivity contribution in [1.82, 2.24) is 14.5 Å². The molecule has 7 heteroatoms. The van der Waals surface area contributed by atoms with E-state index >= 15 is 0 Å². The smallest absolute Gasteiger partial charge is 0.246 e. The van der Waals surface area contributed by atoms with Crippen molar-refractivity contribution < 1.29 is 14.0 Å². The predicted molar refractivity (Wildman–Crippen MR) is 124 cm³/mol. The van der Waals surface area contributed by atoms with E-state index < -0.39 is 0 Å². The lowest BCUT2D eigenvalue weighted by Crippen LogP contribution is -2.42. The molecule has 0 bridgehead atoms. The van der Waals surface area contributed by atoms with Crippen LogP contribution in [0.25, 0.3) is 16.9 Å². The van der Waals surface area contributed by atoms with Gasteiger partial charge in [0.25, 0.3) is 0 Å². The Hall–Kier alpha value is -3.48. The highest BCUT2D eigenvalue weighted by atomic mass is 19.1. The van der Waals surface area contributed by atoms with Gasteiger partial charge in [-0.05, 0) is 62.1 Å². The number of nitrogens with zero attached hydrogens (tertiary/aromatic N) is 3. The Kier molecular flexibility index (Phi) is 5.94. The summed E-state index contributed by atoms with van der Waals surface area (Å²) in [5.74, 6) is -0.0449. The lowest BCUT2D eigenvalue weighted by atomic mass is 10.1. The Bertz CT molecular complexity index is 1130. The second-order valence-electron chi connectivity index (χ2n) is 8.89. The topological polar surface area (TPSA) is 67.2 Å². The fourth-order valence-electron chi connectivity index (χ4n) is 4.51. The molecule has 5 rings (SSSR count). The molecular weight excluding hydrogens is 419 g/mol. The van der Waals surface area contributed by atoms with Crippen LogP contribution >= 0.6 is 0 Å². The number of hydrogen-bond donors (Lipinski definition) is 1. The quantitative estimate of drug-likeness (QED) is 0.567. The van der Waals surface area contributed by atoms with E-state index in [1.807, 2.05) is 36.5 Å². The maximum atomic E-state index is 13.4. The van der Waals surface area contributed by atoms with Crippen molar-refractivity contribution >= 4 is 17.8 Å². The molecule has 2 aliphatic carbocycles. The zero-order valence-electron chi connectivity index (χ0n) is 18.4. The maximum absolute atomic E-state index is 13.4. The highest BCUT2D eigenvalue weighted by molar-refractivity contribution is 5.94. The number of benzene rings is 2. The van der Waals surface area contributed by atoms with Gasteiger partial charge in [0.2, 0.25) is 17.8 Å². The summed E-state index contributed by atoms with van der Waals surface area (Å²) in [7, 11) is 0. The average Bonchev–Trinajstić information content (AvgIpc) is 3.35. The van der Waals surface area contributed by atoms with Crippen LogP contribution in [0.4, 0.5) is 10.3 Å². The SMILES string of the molecule is O=C(CN(C(=O)C1CCCC1)C1CC1)Nc1nc(-c2ccc(F)cc2)cn1-c1ccccc1. The van der Waals surface area contributed by atoms with E-state index in [9.17, 15) is 14.0 Å². The number of amides is 2. The third-order valence-corrected chi connectivity index (χ3v) is 6.42. The number of carbonyl (C=O) groups excluding carboxylic acids is 2. The zero-order chi connectivity index (χ0) is 22.8. The number of rotatable bonds is 7. The molecule has 0 spiro atoms. The Morgan fingerprint density at radius 3 is 2.36 bits per heavy atom. The highest BCUT2D eigenvalue weighted by Crippen LogP contribution is 2.33. The highest BCUT2D eigenvalue weighted by Gasteiger charge is 2.37. The molecule has 2 aromatic carbocycles. The fraction of sp³-hybridized carbons (Fsp3) is 0.346. The normalized spacial score (nSPS) is 16.0. The molecule has 0 saturated heterocycles. The van der Waals surface area contributed by atoms with Gasteiger partial charge in [0.05, 0.1) is 5.69 Å². The van der Waals surface area contributed by atoms with E-state index in [-0.39, 0.29) is 36.1 Å². The molecule has 1 N–H and O–H groups in total. The Morgan fingerprint density at radius 2 is 1.70 bits per heavy atom. The van der Waals surface area contributed by atoms with Crippen molar-refractivity contribution in [3.8, 4) is 16.9 Å². The van der Waals surface area contributed by atoms with Crippen LogP contribution in [0.1, 0.15) is 38.5 Å². The number of anilines is 1. The van der Waals surface area contributed by atoms with Gasteiger partial charge in [-0.2, -0.15) is 0 Å². The number of carbonyl (C=O) groups is 2. The van der Waals surface area contributed by atoms with E-state index in [1.54, 1.807) is 21.6 Å². The molecule has 0 aliphatic heterocycles. The maximum Gasteiger partial charge on any atom is 0.246 e. The fourth-order valence-corrected chi connectivity index (χ4v) is 4.51. The van der Waals surface area contributed by atoms with Crippen molar-refractivity contribution in [2.75, 3.05) is 11.9 Å². The number of aromatic nitrogens is 2. The molecule has 1 aromatic heterocycles. The van der Waals surface area contributed by atoms with E-state index in [0.717, 1.165) is 49.8 Å². The standard InChI is InChI=1S/C26H27FN4O2/c27-20-12-10-18(11-13-20)23-16-31(21-8-2-1-3-9-21)26(28-23)29-24(32)17-30(22-14-15-22)25(33)19-6-4-5-7-19/h1-3,8-13,16,19,22H,4-7,14-15,17H2,(H,28,29,32). The van der Waals surface area contributed by atoms with Crippen LogP contribution in [0.2, 0.25) is 0 Å². The van der Waals surface area contributed by atoms with Crippen molar-refractivity contribution in [2.45, 2.75) is 44.6 Å². The summed E-state index contributed by atoms with van der Waals surface area (Å²) in [5.41, 5.74) is 2.21. The second-order valence-corrected chi connectivity index (χ2v) is 8.89. The van der Waals surface area contributed by atoms with Crippen LogP contribution in [0, 0.1) is 11.7 Å². The Balaban J connectivity index is 1.38. The Morgan fingerprint density at radius 1 is 1.00 bits per heavy atom. The second kappa shape index (κ2) is 9.17. The van der Waals surface area contributed by atoms with Crippen LogP contribution in [0.3, 0.4) is 0 Å². The van der Waals surface area contributed by atoms with Crippen LogP contribution in [0.5, 0.6) is 0 Å². The van der Waals surface area contributed by atoms with Crippen molar-refractivity contribution in [3.05, 3.63) is 66.6 Å². The van der Waals surface area contributed by atoms with E-state index in [0.29, 0.717) is 11.6 Å². The van der Waals surface area contributed by atoms with Crippen LogP contribution in [-0.4, -0.2) is 38.9 Å². The number of hydrogen-bond acceptors (Lipinski definition) is 3. The number of imidazole rings is 1. The molecule has 3 aromatic rings. The molecular formula is C26H27FN4O2. The van der Waals surface area contributed by atoms with E-state index in [1.165, 1.54) is 12.1 Å². The van der Waals surface area contributed by atoms with Gasteiger partial charge in [-0.25, -0.2) is 9.37 Å². The van der Waals surface area contributed by atoms with Crippen molar-refractivity contribution in [2.24, 2.45) is 5.92 Å². The van der Waals surface area contributed by atoms with Crippen LogP contribution in [0.15, 0.2) is 60.8 Å². The average molecular weight is 447 g/mol. The summed E-state index contributed by atoms with van der Waals surface area (Å²) in [5, 5.41) is 2.91. The summed E-state index contributed by atoms with van der Waals surface area (Å²) in [6.07, 6.45) is 7.74. The molecule has 2 aliphatic rings. The van der Waals surface area contributed by atoms with Gasteiger partial charge in [-0.1, -0.05) is 31.0 Å². The minimum Gasteiger partial charge on any atom is -0.330 e. The minimum atomic E-state index is -0.318. The summed E-state index contributed by atoms with van der Waals surface area (Å²) >= 11 is 0. The largest absolute Gasteiger partial charge is 0.330 e. The van der Waals surface area contributed by atoms with Gasteiger partial charge < -0.3 is 4.90 Å². The molecule has 0 radical (unpaired) electrons. The van der Waals surface area contributed by atoms with Gasteiger partial charge >= 0.3 is 0 Å². The molecule has 33 heavy (non-hydrogen) atoms. The first-order chi connectivity index (χ1) is 16.1. The van der Waals surface area contributed by atoms with Gasteiger partial charge in [0.1, 0.15) is 12.4 Å². The zero-order valence-corrected chi connectivity index (χ0v) is 18.4. The number of para-hydroxylation sites is 1. The van der Waals surface area contributed by atoms with E-state index in [2.05, 4.69) is 10.3 Å². The lowest BCUT2D eigenvalue weighted by Gasteiger charge is -2.25. The first-order valence-corrected chi connectivity index (χ1v) is 11.6. The molecule has 2 fully saturated rings. The van der Waals surface area contributed by atoms with Crippen molar-refractivity contribution in [1.29, 1.82) is 0 Å². The van der Waals surface area contributed by atoms with Gasteiger partial charge in [0.15, 0.2) is 0 Å². The summed E-state index contributed by atoms with van der Waals surface area (Å²) in [6.45, 7) is 0.0352. The van der Waals surface area contributed by atoms with E-state index in [4.69, 9.17) is 0 Å². The molecule has 2 amide bonds. The summed E-state index contributed by atoms with van der Waals surface area (Å²) in [4.78, 5) is 32.4. The molecule has 1 heterocycles. The van der Waals surface area contributed by atoms with Crippen LogP contribution < -0.4 is 5.32 Å². The molecule has 0 unspecified atom stereocenters. The summed E-state index contributed by atoms with van der Waals surface area (Å²) < 4.78 is 15.2. The molecule has 2 saturated carbocycles. The first kappa shape index (κ1) is 21.4. The third kappa shape index (κ3) is 4.82. The number of halogens is 1. The Labute approximate surface area is 192 Å². The third-order valence-electron chi connectivity index (χ3n) is 6.42. The molecule has 0 atom stereocenters. The van der Waals surface area contributed by atoms with Gasteiger partial charge in [-0.15, -0.1) is 0 Å². The minimum absolute atomic E-state index is 0.0352. The lowest BCUT2D eigenvalue weighted by molar-refractivity contribution is -0.138. The number of nitrogens with one attached hydrogen (secondary N) is 1. The monoisotopic (exact) mass is 446 g/mol. The predicted octanol–water partition coefficient (Wildman–Crippen LogP) is 4.80. The van der Waals surface area contributed by atoms with Crippen molar-refractivity contribution in [3.63, 3.8) is 0 Å². The van der Waals surface area contributed by atoms with Gasteiger partial charge in [-0.3, -0.25) is 19.5 Å².